The summed E-state index contributed by atoms with van der Waals surface area (Å²) >= 11 is 0. The van der Waals surface area contributed by atoms with Crippen molar-refractivity contribution in [3.63, 3.8) is 0 Å². The minimum Gasteiger partial charge on any atom is -0.368 e. The lowest BCUT2D eigenvalue weighted by Crippen LogP contribution is -2.40. The second-order valence-electron chi connectivity index (χ2n) is 5.56. The number of carbonyl (C=O) groups is 1. The van der Waals surface area contributed by atoms with Crippen molar-refractivity contribution in [3.8, 4) is 0 Å². The Kier molecular flexibility index (Phi) is 3.13. The highest BCUT2D eigenvalue weighted by Gasteiger charge is 2.55. The number of primary amides is 1. The third-order valence-electron chi connectivity index (χ3n) is 4.35. The van der Waals surface area contributed by atoms with Crippen molar-refractivity contribution in [2.45, 2.75) is 50.5 Å². The molecule has 4 rings (SSSR count). The van der Waals surface area contributed by atoms with Crippen LogP contribution in [0, 0.1) is 11.8 Å². The molecule has 3 N–H and O–H groups in total. The predicted octanol–water partition coefficient (Wildman–Crippen LogP) is 1.20. The highest BCUT2D eigenvalue weighted by atomic mass is 17.4. The lowest BCUT2D eigenvalue weighted by molar-refractivity contribution is -0.119. The maximum Gasteiger partial charge on any atom is 0.288 e. The van der Waals surface area contributed by atoms with E-state index in [1.165, 1.54) is 25.7 Å². The molecule has 4 aliphatic rings. The van der Waals surface area contributed by atoms with E-state index in [2.05, 4.69) is 27.2 Å². The van der Waals surface area contributed by atoms with Gasteiger partial charge in [0.05, 0.1) is 6.04 Å². The van der Waals surface area contributed by atoms with Crippen LogP contribution < -0.4 is 11.1 Å². The van der Waals surface area contributed by atoms with E-state index in [0.29, 0.717) is 12.8 Å². The van der Waals surface area contributed by atoms with Crippen molar-refractivity contribution in [2.24, 2.45) is 17.6 Å². The first-order valence-electron chi connectivity index (χ1n) is 6.79. The Bertz CT molecular complexity index is 365. The fourth-order valence-electron chi connectivity index (χ4n) is 2.93. The van der Waals surface area contributed by atoms with E-state index in [-0.39, 0.29) is 11.9 Å². The average Bonchev–Trinajstić information content (AvgIpc) is 2.91. The molecule has 1 amide bonds. The second kappa shape index (κ2) is 4.64. The van der Waals surface area contributed by atoms with Crippen LogP contribution in [0.25, 0.3) is 0 Å². The number of allylic oxidation sites excluding steroid dienone is 2. The summed E-state index contributed by atoms with van der Waals surface area (Å²) in [5.74, 6) is 1.10. The molecule has 3 unspecified atom stereocenters. The minimum atomic E-state index is -0.653. The molecule has 2 saturated heterocycles. The number of rotatable bonds is 1. The summed E-state index contributed by atoms with van der Waals surface area (Å²) in [6.07, 6.45) is 12.0. The summed E-state index contributed by atoms with van der Waals surface area (Å²) in [7, 11) is 0. The zero-order valence-electron chi connectivity index (χ0n) is 10.4. The van der Waals surface area contributed by atoms with Crippen molar-refractivity contribution >= 4 is 5.91 Å². The average molecular weight is 252 g/mol. The van der Waals surface area contributed by atoms with E-state index in [0.717, 1.165) is 11.8 Å². The molecule has 0 radical (unpaired) electrons. The van der Waals surface area contributed by atoms with Crippen LogP contribution in [0.3, 0.4) is 0 Å². The molecule has 2 aliphatic carbocycles. The highest BCUT2D eigenvalue weighted by Crippen LogP contribution is 2.41. The quantitative estimate of drug-likeness (QED) is 0.417. The van der Waals surface area contributed by atoms with Gasteiger partial charge < -0.3 is 5.73 Å². The zero-order valence-corrected chi connectivity index (χ0v) is 10.4. The van der Waals surface area contributed by atoms with Crippen LogP contribution in [0.5, 0.6) is 0 Å². The molecule has 0 aromatic carbocycles. The van der Waals surface area contributed by atoms with Crippen LogP contribution >= 0.6 is 0 Å². The number of fused-ring (bicyclic) bond motifs is 1. The smallest absolute Gasteiger partial charge is 0.288 e. The fraction of sp³-hybridized carbons (Fsp3) is 0.769. The Morgan fingerprint density at radius 3 is 2.44 bits per heavy atom. The first-order chi connectivity index (χ1) is 8.69. The molecular weight excluding hydrogens is 232 g/mol. The largest absolute Gasteiger partial charge is 0.368 e. The highest BCUT2D eigenvalue weighted by molar-refractivity contribution is 5.80. The third-order valence-corrected chi connectivity index (χ3v) is 4.35. The molecule has 5 nitrogen and oxygen atoms in total. The molecule has 0 aromatic rings. The number of nitrogens with one attached hydrogen (secondary N) is 1. The Morgan fingerprint density at radius 2 is 2.11 bits per heavy atom. The summed E-state index contributed by atoms with van der Waals surface area (Å²) in [5, 5.41) is 2.82. The minimum absolute atomic E-state index is 0.289. The van der Waals surface area contributed by atoms with Gasteiger partial charge in [0.25, 0.3) is 5.91 Å². The fourth-order valence-corrected chi connectivity index (χ4v) is 2.93. The lowest BCUT2D eigenvalue weighted by atomic mass is 9.69. The Labute approximate surface area is 107 Å². The molecule has 100 valence electrons. The first-order valence-corrected chi connectivity index (χ1v) is 6.79. The molecule has 0 bridgehead atoms. The van der Waals surface area contributed by atoms with Gasteiger partial charge in [-0.1, -0.05) is 12.2 Å². The van der Waals surface area contributed by atoms with Gasteiger partial charge >= 0.3 is 0 Å². The van der Waals surface area contributed by atoms with Gasteiger partial charge in [-0.25, -0.2) is 0 Å². The van der Waals surface area contributed by atoms with Gasteiger partial charge in [-0.3, -0.25) is 10.1 Å². The molecule has 0 aromatic heterocycles. The second-order valence-corrected chi connectivity index (χ2v) is 5.56. The van der Waals surface area contributed by atoms with Gasteiger partial charge in [-0.15, -0.1) is 0 Å². The van der Waals surface area contributed by atoms with Gasteiger partial charge in [0.15, 0.2) is 0 Å². The monoisotopic (exact) mass is 252 g/mol. The van der Waals surface area contributed by atoms with Gasteiger partial charge in [-0.05, 0) is 43.9 Å². The molecule has 1 spiro atoms. The third kappa shape index (κ3) is 2.43. The van der Waals surface area contributed by atoms with Crippen LogP contribution in [0.4, 0.5) is 0 Å². The number of carbonyl (C=O) groups excluding carboxylic acids is 1. The number of hydrogen-bond donors (Lipinski definition) is 2. The van der Waals surface area contributed by atoms with E-state index < -0.39 is 5.91 Å². The Hall–Kier alpha value is -0.910. The van der Waals surface area contributed by atoms with E-state index in [1.807, 2.05) is 0 Å². The molecule has 3 fully saturated rings. The normalized spacial score (nSPS) is 38.3. The molecular formula is C13H20N2O3. The molecule has 18 heavy (non-hydrogen) atoms. The molecule has 2 aliphatic heterocycles. The summed E-state index contributed by atoms with van der Waals surface area (Å²) in [6, 6.07) is -0.289. The Morgan fingerprint density at radius 1 is 1.28 bits per heavy atom. The zero-order chi connectivity index (χ0) is 12.6. The predicted molar refractivity (Wildman–Crippen MR) is 64.8 cm³/mol. The van der Waals surface area contributed by atoms with E-state index in [1.54, 1.807) is 0 Å². The summed E-state index contributed by atoms with van der Waals surface area (Å²) in [5.41, 5.74) is 5.03. The van der Waals surface area contributed by atoms with Gasteiger partial charge in [0.2, 0.25) is 5.91 Å². The number of nitrogens with two attached hydrogens (primary N) is 1. The van der Waals surface area contributed by atoms with Gasteiger partial charge in [0.1, 0.15) is 0 Å². The summed E-state index contributed by atoms with van der Waals surface area (Å²) in [4.78, 5) is 19.8. The van der Waals surface area contributed by atoms with Crippen molar-refractivity contribution < 1.29 is 14.6 Å². The van der Waals surface area contributed by atoms with Crippen molar-refractivity contribution in [3.05, 3.63) is 12.2 Å². The van der Waals surface area contributed by atoms with Crippen molar-refractivity contribution in [1.29, 1.82) is 0 Å². The SMILES string of the molecule is C1=CC2CCC2CC1.NC(=O)C1CCC2(N1)OO2. The van der Waals surface area contributed by atoms with Gasteiger partial charge in [0, 0.05) is 6.42 Å². The number of hydrogen-bond acceptors (Lipinski definition) is 4. The van der Waals surface area contributed by atoms with Gasteiger partial charge in [-0.2, -0.15) is 9.78 Å². The summed E-state index contributed by atoms with van der Waals surface area (Å²) in [6.45, 7) is 0. The topological polar surface area (TPSA) is 80.2 Å². The van der Waals surface area contributed by atoms with Crippen LogP contribution in [-0.2, 0) is 14.6 Å². The van der Waals surface area contributed by atoms with Crippen molar-refractivity contribution in [1.82, 2.24) is 5.32 Å². The standard InChI is InChI=1S/C8H12.C5H8N2O3/c1-2-4-8-6-5-7(8)3-1;6-4(8)3-1-2-5(7-3)9-10-5/h1,3,7-8H,2,4-6H2;3,7H,1-2H2,(H2,6,8). The molecule has 2 heterocycles. The molecule has 3 atom stereocenters. The van der Waals surface area contributed by atoms with E-state index >= 15 is 0 Å². The summed E-state index contributed by atoms with van der Waals surface area (Å²) < 4.78 is 0. The molecule has 5 heteroatoms. The van der Waals surface area contributed by atoms with Crippen LogP contribution in [0.15, 0.2) is 12.2 Å². The maximum atomic E-state index is 10.6. The maximum absolute atomic E-state index is 10.6. The van der Waals surface area contributed by atoms with Crippen LogP contribution in [0.2, 0.25) is 0 Å². The van der Waals surface area contributed by atoms with E-state index in [4.69, 9.17) is 5.73 Å². The first kappa shape index (κ1) is 12.1. The lowest BCUT2D eigenvalue weighted by Gasteiger charge is -2.36. The molecule has 1 saturated carbocycles. The van der Waals surface area contributed by atoms with Crippen LogP contribution in [-0.4, -0.2) is 17.9 Å². The van der Waals surface area contributed by atoms with Crippen LogP contribution in [0.1, 0.15) is 38.5 Å². The van der Waals surface area contributed by atoms with E-state index in [9.17, 15) is 4.79 Å². The Balaban J connectivity index is 0.000000114. The van der Waals surface area contributed by atoms with Crippen molar-refractivity contribution in [2.75, 3.05) is 0 Å². The number of amides is 1.